The fourth-order valence-corrected chi connectivity index (χ4v) is 23.0. The molecular formula is C113H166ClN8O20-. The lowest BCUT2D eigenvalue weighted by Crippen LogP contribution is -2.42. The number of piperidine rings is 2. The molecule has 29 heteroatoms. The number of hydrogen-bond acceptors (Lipinski definition) is 26. The molecule has 16 fully saturated rings. The van der Waals surface area contributed by atoms with E-state index in [4.69, 9.17) is 59.1 Å². The molecule has 28 nitrogen and oxygen atoms in total. The number of ketones is 1. The van der Waals surface area contributed by atoms with Gasteiger partial charge < -0.3 is 89.5 Å². The zero-order valence-electron chi connectivity index (χ0n) is 84.4. The lowest BCUT2D eigenvalue weighted by molar-refractivity contribution is -0.145. The van der Waals surface area contributed by atoms with Gasteiger partial charge in [0.05, 0.1) is 62.3 Å². The van der Waals surface area contributed by atoms with Crippen LogP contribution in [0, 0.1) is 42.9 Å². The van der Waals surface area contributed by atoms with Gasteiger partial charge in [-0.25, -0.2) is 14.4 Å². The van der Waals surface area contributed by atoms with Crippen LogP contribution in [-0.2, 0) is 71.1 Å². The van der Waals surface area contributed by atoms with Gasteiger partial charge in [-0.2, -0.15) is 0 Å². The minimum Gasteiger partial charge on any atom is -0.466 e. The molecule has 5 N–H and O–H groups in total. The van der Waals surface area contributed by atoms with Gasteiger partial charge in [-0.1, -0.05) is 240 Å². The van der Waals surface area contributed by atoms with Gasteiger partial charge in [0.1, 0.15) is 65.4 Å². The molecule has 16 aliphatic rings. The lowest BCUT2D eigenvalue weighted by atomic mass is 9.85. The number of Topliss-reactive ketones (excluding diaryl/α,β-unsaturated/α-hetero) is 1. The van der Waals surface area contributed by atoms with Crippen molar-refractivity contribution in [1.29, 1.82) is 0 Å². The standard InChI is InChI=1S/C27H34N2O4.C15H21NO3.C14H17NO3.2C13H19NO2.C8H12O3.C7H12ClNO.C7H13NO.C7H12O.CH4.CH3/c30-27(32-16-18-7-3-1-4-8-18)29-15-21-13-22(29)14-24(21)31-17-23-25(19-9-5-2-6-10-19)28-33-26(23)20-11-12-20;1-2-18-15(17)12-13(10-6-4-3-5-7-10)16-19-14(12)11-8-9-11;16-13-7-12-6-11(13)8-15(12)14(17)18-9-10-4-2-1-3-5-10;2*15-8-11-12(9-4-2-1-3-5-9)14-16-13(11)10-6-7-10;1-2-11-8(10)5-7(9)6-3-4-6;8-7(9-10)6-4-2-1-3-5-6;9-8-6-7-4-2-1-3-5-7;8-6-7-4-2-1-3-5-7;;/h1,3-4,7-8,19-22,24H,2,5-6,9-17H2;10-11H,2-9H2,1H3;1-5,11-13,16H,6-9H2;2*9-10,15H,1-8H2;6H,2-5H2,1H3;6,10H,1-5H2;6-7,9H,1-5H2;6-7H,1-5H2;1H4;1H3/q;;;;;;;;;;-1/b;;;;;;9-7-;8-6+;;;/t21-,22-,24+;;11-,12-,13+;;;;;;;;/m0.0......../s1. The number of carbonyl (C=O) groups is 6. The molecular weight excluding hydrogens is 1820 g/mol. The van der Waals surface area contributed by atoms with Gasteiger partial charge in [-0.15, -0.1) is 5.16 Å². The first-order valence-corrected chi connectivity index (χ1v) is 54.7. The number of rotatable bonds is 26. The molecule has 6 heterocycles. The third-order valence-electron chi connectivity index (χ3n) is 31.6. The first-order chi connectivity index (χ1) is 68.5. The van der Waals surface area contributed by atoms with E-state index in [1.54, 1.807) is 18.0 Å². The first kappa shape index (κ1) is 112. The molecule has 786 valence electrons. The van der Waals surface area contributed by atoms with Crippen LogP contribution in [0.1, 0.15) is 474 Å². The predicted molar refractivity (Wildman–Crippen MR) is 543 cm³/mol. The Labute approximate surface area is 847 Å². The Bertz CT molecular complexity index is 4710. The number of fused-ring (bicyclic) bond motifs is 4. The van der Waals surface area contributed by atoms with E-state index in [2.05, 4.69) is 35.7 Å². The van der Waals surface area contributed by atoms with Crippen molar-refractivity contribution >= 4 is 59.2 Å². The fourth-order valence-electron chi connectivity index (χ4n) is 22.8. The third-order valence-corrected chi connectivity index (χ3v) is 32.0. The minimum absolute atomic E-state index is 0. The monoisotopic (exact) mass is 1990 g/mol. The number of halogens is 1. The van der Waals surface area contributed by atoms with Crippen LogP contribution in [0.4, 0.5) is 9.59 Å². The smallest absolute Gasteiger partial charge is 0.410 e. The second-order valence-corrected chi connectivity index (χ2v) is 42.6. The summed E-state index contributed by atoms with van der Waals surface area (Å²) in [4.78, 5) is 72.4. The predicted octanol–water partition coefficient (Wildman–Crippen LogP) is 26.0. The van der Waals surface area contributed by atoms with Crippen molar-refractivity contribution in [2.45, 2.75) is 447 Å². The molecule has 6 atom stereocenters. The van der Waals surface area contributed by atoms with E-state index in [-0.39, 0.29) is 101 Å². The largest absolute Gasteiger partial charge is 0.466 e. The van der Waals surface area contributed by atoms with Crippen LogP contribution >= 0.6 is 11.6 Å². The summed E-state index contributed by atoms with van der Waals surface area (Å²) >= 11 is 5.64. The van der Waals surface area contributed by atoms with Crippen LogP contribution in [0.25, 0.3) is 0 Å². The normalized spacial score (nSPS) is 23.5. The molecule has 4 aromatic heterocycles. The molecule has 0 radical (unpaired) electrons. The number of aldehydes is 1. The van der Waals surface area contributed by atoms with E-state index in [1.165, 1.54) is 236 Å². The summed E-state index contributed by atoms with van der Waals surface area (Å²) in [6.07, 6.45) is 60.6. The van der Waals surface area contributed by atoms with Crippen LogP contribution in [0.3, 0.4) is 0 Å². The van der Waals surface area contributed by atoms with Crippen molar-refractivity contribution in [2.24, 2.45) is 45.8 Å². The molecule has 2 aromatic carbocycles. The second kappa shape index (κ2) is 58.5. The number of aromatic nitrogens is 4. The fraction of sp³-hybridized carbons (Fsp3) is 0.708. The van der Waals surface area contributed by atoms with E-state index in [0.29, 0.717) is 128 Å². The number of amides is 2. The summed E-state index contributed by atoms with van der Waals surface area (Å²) in [7, 11) is 0. The van der Waals surface area contributed by atoms with E-state index >= 15 is 0 Å². The number of likely N-dealkylation sites (tertiary alicyclic amines) is 2. The maximum Gasteiger partial charge on any atom is 0.410 e. The van der Waals surface area contributed by atoms with Crippen LogP contribution in [0.2, 0.25) is 0 Å². The van der Waals surface area contributed by atoms with Crippen molar-refractivity contribution in [3.63, 3.8) is 0 Å². The SMILES string of the molecule is C.CCOC(=O)CC(=O)C1CC1.CCOC(=O)c1c(C2CCCCC2)noc1C1CC1.O/N=C(\Cl)C1CCCCC1.O/N=C/C1CCCCC1.O=C(OCc1ccccc1)N1C[C@@H]2C[C@H]1C[C@H]2O.O=C(OCc1ccccc1)N1C[C@@H]2C[C@H]1C[C@H]2OCc1c(C2CCCCC2)noc1C1CC1.O=CC1CCCCC1.OCc1c(C2CCCCC2)noc1C1CC1.OCc1c(C2CCCCC2)noc1C1CC1.[CH3-]. The molecule has 14 aliphatic carbocycles. The number of hydrogen-bond donors (Lipinski definition) is 5. The van der Waals surface area contributed by atoms with E-state index in [1.807, 2.05) is 72.5 Å². The lowest BCUT2D eigenvalue weighted by Gasteiger charge is -2.31. The van der Waals surface area contributed by atoms with Crippen molar-refractivity contribution in [3.05, 3.63) is 147 Å². The van der Waals surface area contributed by atoms with Gasteiger partial charge in [-0.05, 0) is 211 Å². The first-order valence-electron chi connectivity index (χ1n) is 54.3. The molecule has 14 saturated carbocycles. The summed E-state index contributed by atoms with van der Waals surface area (Å²) in [5.41, 5.74) is 10.1. The van der Waals surface area contributed by atoms with Gasteiger partial charge in [0, 0.05) is 125 Å². The van der Waals surface area contributed by atoms with Gasteiger partial charge in [0.15, 0.2) is 5.76 Å². The number of esters is 2. The topological polar surface area (TPSA) is 385 Å². The highest BCUT2D eigenvalue weighted by Crippen LogP contribution is 2.51. The molecule has 22 rings (SSSR count). The number of nitrogens with zero attached hydrogens (tertiary/aromatic N) is 8. The molecule has 4 bridgehead atoms. The quantitative estimate of drug-likeness (QED) is 0.00492. The van der Waals surface area contributed by atoms with Crippen LogP contribution in [0.15, 0.2) is 89.1 Å². The number of aliphatic hydroxyl groups is 3. The van der Waals surface area contributed by atoms with Gasteiger partial charge >= 0.3 is 24.1 Å². The minimum atomic E-state index is -0.385. The molecule has 0 unspecified atom stereocenters. The van der Waals surface area contributed by atoms with Gasteiger partial charge in [0.2, 0.25) is 0 Å². The Morgan fingerprint density at radius 3 is 1.18 bits per heavy atom. The number of carbonyl (C=O) groups excluding carboxylic acids is 6. The molecule has 6 aromatic rings. The summed E-state index contributed by atoms with van der Waals surface area (Å²) in [6.45, 7) is 7.15. The number of aliphatic hydroxyl groups excluding tert-OH is 3. The number of oxime groups is 2. The molecule has 2 saturated heterocycles. The molecule has 2 aliphatic heterocycles. The highest BCUT2D eigenvalue weighted by molar-refractivity contribution is 6.65. The summed E-state index contributed by atoms with van der Waals surface area (Å²) < 4.78 is 49.5. The summed E-state index contributed by atoms with van der Waals surface area (Å²) in [6, 6.07) is 19.9. The van der Waals surface area contributed by atoms with Crippen LogP contribution < -0.4 is 0 Å². The van der Waals surface area contributed by atoms with Gasteiger partial charge in [0.25, 0.3) is 0 Å². The maximum atomic E-state index is 12.6. The van der Waals surface area contributed by atoms with E-state index in [0.717, 1.165) is 159 Å². The number of benzene rings is 2. The summed E-state index contributed by atoms with van der Waals surface area (Å²) in [5.74, 6) is 9.35. The summed E-state index contributed by atoms with van der Waals surface area (Å²) in [5, 5.41) is 68.8. The molecule has 142 heavy (non-hydrogen) atoms. The van der Waals surface area contributed by atoms with Crippen molar-refractivity contribution in [2.75, 3.05) is 26.3 Å². The zero-order chi connectivity index (χ0) is 97.9. The second-order valence-electron chi connectivity index (χ2n) is 42.3. The van der Waals surface area contributed by atoms with Crippen LogP contribution in [-0.4, -0.2) is 154 Å². The van der Waals surface area contributed by atoms with Gasteiger partial charge in [-0.3, -0.25) is 9.59 Å². The molecule has 2 amide bonds. The van der Waals surface area contributed by atoms with Crippen molar-refractivity contribution < 1.29 is 96.3 Å². The zero-order valence-corrected chi connectivity index (χ0v) is 85.1. The van der Waals surface area contributed by atoms with Crippen molar-refractivity contribution in [3.8, 4) is 0 Å². The Morgan fingerprint density at radius 1 is 0.430 bits per heavy atom. The Morgan fingerprint density at radius 2 is 0.810 bits per heavy atom. The highest BCUT2D eigenvalue weighted by Gasteiger charge is 2.50. The highest BCUT2D eigenvalue weighted by atomic mass is 35.5. The average molecular weight is 1990 g/mol. The Hall–Kier alpha value is -8.83. The maximum absolute atomic E-state index is 12.6. The van der Waals surface area contributed by atoms with E-state index < -0.39 is 0 Å². The Kier molecular flexibility index (Phi) is 46.1. The van der Waals surface area contributed by atoms with E-state index in [9.17, 15) is 44.1 Å². The molecule has 0 spiro atoms. The van der Waals surface area contributed by atoms with Crippen LogP contribution in [0.5, 0.6) is 0 Å². The average Bonchev–Trinajstić information content (AvgIpc) is 1.68. The van der Waals surface area contributed by atoms with Crippen molar-refractivity contribution in [1.82, 2.24) is 30.4 Å². The Balaban J connectivity index is 0.000000148. The third kappa shape index (κ3) is 33.3. The number of ether oxygens (including phenoxy) is 5.